The van der Waals surface area contributed by atoms with Gasteiger partial charge >= 0.3 is 0 Å². The molecule has 0 spiro atoms. The van der Waals surface area contributed by atoms with Gasteiger partial charge in [-0.1, -0.05) is 79.0 Å². The number of carbonyl (C=O) groups is 1. The molecule has 0 radical (unpaired) electrons. The number of fused-ring (bicyclic) bond motifs is 1. The molecule has 26 heavy (non-hydrogen) atoms. The minimum absolute atomic E-state index is 0.00764. The molecule has 0 bridgehead atoms. The van der Waals surface area contributed by atoms with Gasteiger partial charge in [0.2, 0.25) is 5.91 Å². The van der Waals surface area contributed by atoms with Crippen LogP contribution in [0.5, 0.6) is 0 Å². The maximum absolute atomic E-state index is 13.1. The fourth-order valence-corrected chi connectivity index (χ4v) is 4.74. The monoisotopic (exact) mass is 385 g/mol. The van der Waals surface area contributed by atoms with Crippen molar-refractivity contribution in [3.63, 3.8) is 0 Å². The lowest BCUT2D eigenvalue weighted by Gasteiger charge is -2.20. The lowest BCUT2D eigenvalue weighted by atomic mass is 9.87. The summed E-state index contributed by atoms with van der Waals surface area (Å²) in [6, 6.07) is 13.6. The van der Waals surface area contributed by atoms with E-state index in [1.54, 1.807) is 6.07 Å². The first kappa shape index (κ1) is 17.4. The molecular weight excluding hydrogens is 366 g/mol. The van der Waals surface area contributed by atoms with Gasteiger partial charge in [-0.15, -0.1) is 0 Å². The number of hydrogen-bond acceptors (Lipinski definition) is 4. The van der Waals surface area contributed by atoms with Gasteiger partial charge in [0.05, 0.1) is 5.92 Å². The quantitative estimate of drug-likeness (QED) is 0.577. The Hall–Kier alpha value is -1.98. The van der Waals surface area contributed by atoms with Gasteiger partial charge in [-0.05, 0) is 30.0 Å². The maximum atomic E-state index is 13.1. The summed E-state index contributed by atoms with van der Waals surface area (Å²) in [7, 11) is 0. The molecule has 1 aliphatic rings. The largest absolute Gasteiger partial charge is 0.301 e. The molecule has 2 aromatic heterocycles. The molecule has 1 saturated carbocycles. The van der Waals surface area contributed by atoms with E-state index >= 15 is 0 Å². The van der Waals surface area contributed by atoms with Crippen LogP contribution in [0.25, 0.3) is 10.3 Å². The number of amides is 1. The molecule has 3 aromatic rings. The van der Waals surface area contributed by atoms with Crippen LogP contribution in [0.15, 0.2) is 42.5 Å². The van der Waals surface area contributed by atoms with Crippen molar-refractivity contribution in [1.82, 2.24) is 9.97 Å². The molecule has 0 aliphatic heterocycles. The number of nitrogens with one attached hydrogen (secondary N) is 1. The third kappa shape index (κ3) is 3.89. The Labute approximate surface area is 161 Å². The van der Waals surface area contributed by atoms with E-state index < -0.39 is 0 Å². The summed E-state index contributed by atoms with van der Waals surface area (Å²) in [5.41, 5.74) is 1.82. The predicted octanol–water partition coefficient (Wildman–Crippen LogP) is 5.65. The van der Waals surface area contributed by atoms with E-state index in [0.29, 0.717) is 16.2 Å². The second-order valence-corrected chi connectivity index (χ2v) is 8.18. The fraction of sp³-hybridized carbons (Fsp3) is 0.350. The topological polar surface area (TPSA) is 54.9 Å². The van der Waals surface area contributed by atoms with E-state index in [1.807, 2.05) is 36.4 Å². The number of thiazole rings is 1. The first-order valence-electron chi connectivity index (χ1n) is 8.98. The van der Waals surface area contributed by atoms with E-state index in [9.17, 15) is 4.79 Å². The number of rotatable bonds is 5. The molecule has 1 fully saturated rings. The molecule has 4 nitrogen and oxygen atoms in total. The zero-order chi connectivity index (χ0) is 17.9. The van der Waals surface area contributed by atoms with Gasteiger partial charge in [-0.25, -0.2) is 9.97 Å². The lowest BCUT2D eigenvalue weighted by molar-refractivity contribution is -0.118. The Morgan fingerprint density at radius 3 is 2.69 bits per heavy atom. The van der Waals surface area contributed by atoms with Crippen molar-refractivity contribution < 1.29 is 4.79 Å². The number of halogens is 1. The van der Waals surface area contributed by atoms with E-state index in [4.69, 9.17) is 11.6 Å². The Morgan fingerprint density at radius 2 is 1.92 bits per heavy atom. The number of pyridine rings is 1. The summed E-state index contributed by atoms with van der Waals surface area (Å²) in [5.74, 6) is 0.484. The van der Waals surface area contributed by atoms with Crippen molar-refractivity contribution in [3.05, 3.63) is 53.2 Å². The number of hydrogen-bond donors (Lipinski definition) is 1. The van der Waals surface area contributed by atoms with Crippen LogP contribution in [0, 0.1) is 5.92 Å². The second-order valence-electron chi connectivity index (χ2n) is 6.82. The van der Waals surface area contributed by atoms with Gasteiger partial charge in [-0.2, -0.15) is 0 Å². The molecule has 4 rings (SSSR count). The smallest absolute Gasteiger partial charge is 0.233 e. The minimum Gasteiger partial charge on any atom is -0.301 e. The van der Waals surface area contributed by atoms with Gasteiger partial charge in [-0.3, -0.25) is 4.79 Å². The van der Waals surface area contributed by atoms with Crippen LogP contribution in [-0.4, -0.2) is 15.9 Å². The molecule has 2 heterocycles. The van der Waals surface area contributed by atoms with Gasteiger partial charge in [0.15, 0.2) is 5.13 Å². The number of carbonyl (C=O) groups excluding carboxylic acids is 1. The van der Waals surface area contributed by atoms with E-state index in [0.717, 1.165) is 22.3 Å². The first-order chi connectivity index (χ1) is 12.7. The van der Waals surface area contributed by atoms with E-state index in [1.165, 1.54) is 37.0 Å². The van der Waals surface area contributed by atoms with Crippen molar-refractivity contribution in [3.8, 4) is 0 Å². The van der Waals surface area contributed by atoms with Crippen LogP contribution >= 0.6 is 22.9 Å². The Balaban J connectivity index is 1.56. The van der Waals surface area contributed by atoms with Crippen LogP contribution in [0.4, 0.5) is 5.13 Å². The van der Waals surface area contributed by atoms with Crippen molar-refractivity contribution in [1.29, 1.82) is 0 Å². The van der Waals surface area contributed by atoms with Crippen LogP contribution in [0.1, 0.15) is 43.6 Å². The van der Waals surface area contributed by atoms with Gasteiger partial charge in [0.1, 0.15) is 15.5 Å². The average Bonchev–Trinajstić information content (AvgIpc) is 3.29. The molecule has 1 N–H and O–H groups in total. The van der Waals surface area contributed by atoms with Crippen molar-refractivity contribution in [2.24, 2.45) is 5.92 Å². The molecule has 6 heteroatoms. The number of aromatic nitrogens is 2. The zero-order valence-corrected chi connectivity index (χ0v) is 15.9. The van der Waals surface area contributed by atoms with Crippen molar-refractivity contribution in [2.45, 2.75) is 38.0 Å². The lowest BCUT2D eigenvalue weighted by Crippen LogP contribution is -2.23. The standard InChI is InChI=1S/C20H20ClN3OS/c21-17-11-10-16-19(23-17)26-20(22-16)24-18(25)15(12-13-6-4-5-7-13)14-8-2-1-3-9-14/h1-3,8-11,13,15H,4-7,12H2,(H,22,24,25)/t15-/m0/s1. The summed E-state index contributed by atoms with van der Waals surface area (Å²) in [6.45, 7) is 0. The number of benzene rings is 1. The van der Waals surface area contributed by atoms with Crippen LogP contribution in [0.2, 0.25) is 5.15 Å². The van der Waals surface area contributed by atoms with Crippen LogP contribution in [-0.2, 0) is 4.79 Å². The van der Waals surface area contributed by atoms with Crippen LogP contribution in [0.3, 0.4) is 0 Å². The first-order valence-corrected chi connectivity index (χ1v) is 10.2. The molecule has 1 amide bonds. The molecule has 1 aliphatic carbocycles. The maximum Gasteiger partial charge on any atom is 0.233 e. The highest BCUT2D eigenvalue weighted by molar-refractivity contribution is 7.22. The highest BCUT2D eigenvalue weighted by atomic mass is 35.5. The zero-order valence-electron chi connectivity index (χ0n) is 14.3. The Morgan fingerprint density at radius 1 is 1.15 bits per heavy atom. The second kappa shape index (κ2) is 7.72. The summed E-state index contributed by atoms with van der Waals surface area (Å²) in [6.07, 6.45) is 5.89. The van der Waals surface area contributed by atoms with Crippen molar-refractivity contribution >= 4 is 44.3 Å². The minimum atomic E-state index is -0.150. The molecule has 0 saturated heterocycles. The summed E-state index contributed by atoms with van der Waals surface area (Å²) in [4.78, 5) is 22.5. The Bertz CT molecular complexity index is 906. The fourth-order valence-electron chi connectivity index (χ4n) is 3.70. The molecule has 1 atom stereocenters. The molecule has 0 unspecified atom stereocenters. The van der Waals surface area contributed by atoms with Gasteiger partial charge in [0.25, 0.3) is 0 Å². The van der Waals surface area contributed by atoms with E-state index in [-0.39, 0.29) is 11.8 Å². The number of anilines is 1. The normalized spacial score (nSPS) is 16.0. The van der Waals surface area contributed by atoms with Crippen molar-refractivity contribution in [2.75, 3.05) is 5.32 Å². The van der Waals surface area contributed by atoms with E-state index in [2.05, 4.69) is 15.3 Å². The number of nitrogens with zero attached hydrogens (tertiary/aromatic N) is 2. The molecular formula is C20H20ClN3OS. The highest BCUT2D eigenvalue weighted by Gasteiger charge is 2.27. The molecule has 1 aromatic carbocycles. The van der Waals surface area contributed by atoms with Crippen LogP contribution < -0.4 is 5.32 Å². The third-order valence-electron chi connectivity index (χ3n) is 5.01. The molecule has 134 valence electrons. The highest BCUT2D eigenvalue weighted by Crippen LogP contribution is 2.35. The summed E-state index contributed by atoms with van der Waals surface area (Å²) >= 11 is 7.30. The summed E-state index contributed by atoms with van der Waals surface area (Å²) < 4.78 is 0. The van der Waals surface area contributed by atoms with Gasteiger partial charge < -0.3 is 5.32 Å². The Kier molecular flexibility index (Phi) is 5.18. The summed E-state index contributed by atoms with van der Waals surface area (Å²) in [5, 5.41) is 4.02. The average molecular weight is 386 g/mol. The van der Waals surface area contributed by atoms with Gasteiger partial charge in [0, 0.05) is 0 Å². The third-order valence-corrected chi connectivity index (χ3v) is 6.10. The predicted molar refractivity (Wildman–Crippen MR) is 107 cm³/mol. The SMILES string of the molecule is O=C(Nc1nc2ccc(Cl)nc2s1)[C@@H](CC1CCCC1)c1ccccc1.